The summed E-state index contributed by atoms with van der Waals surface area (Å²) < 4.78 is 0. The van der Waals surface area contributed by atoms with E-state index in [1.165, 1.54) is 11.3 Å². The maximum absolute atomic E-state index is 5.85. The number of nitrogens with two attached hydrogens (primary N) is 1. The van der Waals surface area contributed by atoms with Crippen LogP contribution in [0.3, 0.4) is 0 Å². The van der Waals surface area contributed by atoms with Gasteiger partial charge >= 0.3 is 0 Å². The summed E-state index contributed by atoms with van der Waals surface area (Å²) in [6.45, 7) is 11.7. The highest BCUT2D eigenvalue weighted by Gasteiger charge is 2.28. The smallest absolute Gasteiger partial charge is 0.0396 e. The summed E-state index contributed by atoms with van der Waals surface area (Å²) in [6.07, 6.45) is 0. The average molecular weight is 247 g/mol. The van der Waals surface area contributed by atoms with Crippen molar-refractivity contribution in [3.05, 3.63) is 29.8 Å². The third-order valence-electron chi connectivity index (χ3n) is 4.09. The molecule has 0 aromatic heterocycles. The van der Waals surface area contributed by atoms with E-state index in [-0.39, 0.29) is 5.54 Å². The lowest BCUT2D eigenvalue weighted by atomic mass is 10.0. The summed E-state index contributed by atoms with van der Waals surface area (Å²) >= 11 is 0. The quantitative estimate of drug-likeness (QED) is 0.885. The van der Waals surface area contributed by atoms with Gasteiger partial charge in [0.15, 0.2) is 0 Å². The first-order valence-electron chi connectivity index (χ1n) is 6.80. The van der Waals surface area contributed by atoms with Crippen LogP contribution in [0.1, 0.15) is 19.4 Å². The third kappa shape index (κ3) is 2.68. The molecule has 3 heteroatoms. The normalized spacial score (nSPS) is 18.1. The van der Waals surface area contributed by atoms with Crippen LogP contribution in [-0.4, -0.2) is 43.2 Å². The Morgan fingerprint density at radius 2 is 1.72 bits per heavy atom. The number of para-hydroxylation sites is 1. The van der Waals surface area contributed by atoms with Crippen molar-refractivity contribution >= 4 is 5.69 Å². The number of piperazine rings is 1. The van der Waals surface area contributed by atoms with Gasteiger partial charge in [0.2, 0.25) is 0 Å². The van der Waals surface area contributed by atoms with E-state index < -0.39 is 0 Å². The SMILES string of the molecule is Cc1ccccc1N1CCN(C(C)(C)CN)CC1. The molecule has 2 N–H and O–H groups in total. The van der Waals surface area contributed by atoms with Crippen LogP contribution >= 0.6 is 0 Å². The Morgan fingerprint density at radius 1 is 1.11 bits per heavy atom. The Hall–Kier alpha value is -1.06. The number of nitrogens with zero attached hydrogens (tertiary/aromatic N) is 2. The van der Waals surface area contributed by atoms with Crippen molar-refractivity contribution in [2.24, 2.45) is 5.73 Å². The van der Waals surface area contributed by atoms with Gasteiger partial charge in [-0.2, -0.15) is 0 Å². The highest BCUT2D eigenvalue weighted by molar-refractivity contribution is 5.53. The number of aryl methyl sites for hydroxylation is 1. The van der Waals surface area contributed by atoms with Crippen LogP contribution in [0.5, 0.6) is 0 Å². The van der Waals surface area contributed by atoms with Crippen molar-refractivity contribution in [1.82, 2.24) is 4.90 Å². The molecule has 1 heterocycles. The van der Waals surface area contributed by atoms with Gasteiger partial charge in [0.05, 0.1) is 0 Å². The molecule has 0 unspecified atom stereocenters. The molecular weight excluding hydrogens is 222 g/mol. The van der Waals surface area contributed by atoms with Crippen LogP contribution < -0.4 is 10.6 Å². The van der Waals surface area contributed by atoms with Gasteiger partial charge in [-0.05, 0) is 32.4 Å². The largest absolute Gasteiger partial charge is 0.369 e. The van der Waals surface area contributed by atoms with E-state index in [9.17, 15) is 0 Å². The van der Waals surface area contributed by atoms with E-state index in [0.717, 1.165) is 32.7 Å². The molecule has 1 aliphatic heterocycles. The summed E-state index contributed by atoms with van der Waals surface area (Å²) in [5.41, 5.74) is 8.72. The fourth-order valence-electron chi connectivity index (χ4n) is 2.60. The fraction of sp³-hybridized carbons (Fsp3) is 0.600. The Bertz CT molecular complexity index is 392. The molecule has 2 rings (SSSR count). The molecule has 100 valence electrons. The molecule has 0 saturated carbocycles. The fourth-order valence-corrected chi connectivity index (χ4v) is 2.60. The lowest BCUT2D eigenvalue weighted by Gasteiger charge is -2.44. The lowest BCUT2D eigenvalue weighted by molar-refractivity contribution is 0.119. The average Bonchev–Trinajstić information content (AvgIpc) is 2.39. The second-order valence-electron chi connectivity index (χ2n) is 5.78. The van der Waals surface area contributed by atoms with Crippen molar-refractivity contribution in [3.63, 3.8) is 0 Å². The predicted octanol–water partition coefficient (Wildman–Crippen LogP) is 1.85. The van der Waals surface area contributed by atoms with E-state index in [4.69, 9.17) is 5.73 Å². The number of anilines is 1. The summed E-state index contributed by atoms with van der Waals surface area (Å²) in [5, 5.41) is 0. The number of benzene rings is 1. The minimum atomic E-state index is 0.123. The first-order valence-corrected chi connectivity index (χ1v) is 6.80. The van der Waals surface area contributed by atoms with Gasteiger partial charge in [-0.3, -0.25) is 4.90 Å². The van der Waals surface area contributed by atoms with Gasteiger partial charge < -0.3 is 10.6 Å². The van der Waals surface area contributed by atoms with Gasteiger partial charge in [0.1, 0.15) is 0 Å². The number of rotatable bonds is 3. The molecule has 1 fully saturated rings. The molecule has 0 radical (unpaired) electrons. The Kier molecular flexibility index (Phi) is 3.93. The zero-order chi connectivity index (χ0) is 13.2. The zero-order valence-corrected chi connectivity index (χ0v) is 11.8. The third-order valence-corrected chi connectivity index (χ3v) is 4.09. The minimum Gasteiger partial charge on any atom is -0.369 e. The monoisotopic (exact) mass is 247 g/mol. The van der Waals surface area contributed by atoms with E-state index >= 15 is 0 Å². The molecule has 3 nitrogen and oxygen atoms in total. The van der Waals surface area contributed by atoms with Crippen LogP contribution in [-0.2, 0) is 0 Å². The summed E-state index contributed by atoms with van der Waals surface area (Å²) in [5.74, 6) is 0. The predicted molar refractivity (Wildman–Crippen MR) is 78.1 cm³/mol. The van der Waals surface area contributed by atoms with Gasteiger partial charge in [0, 0.05) is 44.0 Å². The Morgan fingerprint density at radius 3 is 2.28 bits per heavy atom. The molecule has 0 atom stereocenters. The Balaban J connectivity index is 2.01. The number of hydrogen-bond donors (Lipinski definition) is 1. The van der Waals surface area contributed by atoms with Gasteiger partial charge in [0.25, 0.3) is 0 Å². The van der Waals surface area contributed by atoms with Crippen molar-refractivity contribution in [2.75, 3.05) is 37.6 Å². The molecule has 1 aromatic rings. The summed E-state index contributed by atoms with van der Waals surface area (Å²) in [7, 11) is 0. The molecule has 0 amide bonds. The maximum Gasteiger partial charge on any atom is 0.0396 e. The molecule has 1 saturated heterocycles. The van der Waals surface area contributed by atoms with E-state index in [1.807, 2.05) is 0 Å². The summed E-state index contributed by atoms with van der Waals surface area (Å²) in [4.78, 5) is 4.99. The molecule has 0 bridgehead atoms. The minimum absolute atomic E-state index is 0.123. The first-order chi connectivity index (χ1) is 8.54. The second kappa shape index (κ2) is 5.29. The topological polar surface area (TPSA) is 32.5 Å². The van der Waals surface area contributed by atoms with Crippen LogP contribution in [0.25, 0.3) is 0 Å². The first kappa shape index (κ1) is 13.4. The maximum atomic E-state index is 5.85. The van der Waals surface area contributed by atoms with Crippen LogP contribution in [0.4, 0.5) is 5.69 Å². The molecule has 18 heavy (non-hydrogen) atoms. The van der Waals surface area contributed by atoms with Crippen LogP contribution in [0.2, 0.25) is 0 Å². The van der Waals surface area contributed by atoms with E-state index in [0.29, 0.717) is 0 Å². The highest BCUT2D eigenvalue weighted by Crippen LogP contribution is 2.23. The van der Waals surface area contributed by atoms with E-state index in [1.54, 1.807) is 0 Å². The molecule has 0 spiro atoms. The van der Waals surface area contributed by atoms with Crippen molar-refractivity contribution in [2.45, 2.75) is 26.3 Å². The standard InChI is InChI=1S/C15H25N3/c1-13-6-4-5-7-14(13)17-8-10-18(11-9-17)15(2,3)12-16/h4-7H,8-12,16H2,1-3H3. The number of hydrogen-bond acceptors (Lipinski definition) is 3. The molecule has 1 aliphatic rings. The van der Waals surface area contributed by atoms with Gasteiger partial charge in [-0.25, -0.2) is 0 Å². The van der Waals surface area contributed by atoms with Crippen LogP contribution in [0.15, 0.2) is 24.3 Å². The van der Waals surface area contributed by atoms with Crippen molar-refractivity contribution < 1.29 is 0 Å². The van der Waals surface area contributed by atoms with Gasteiger partial charge in [-0.1, -0.05) is 18.2 Å². The molecule has 0 aliphatic carbocycles. The molecular formula is C15H25N3. The van der Waals surface area contributed by atoms with Crippen molar-refractivity contribution in [1.29, 1.82) is 0 Å². The summed E-state index contributed by atoms with van der Waals surface area (Å²) in [6, 6.07) is 8.63. The zero-order valence-electron chi connectivity index (χ0n) is 11.8. The van der Waals surface area contributed by atoms with Crippen molar-refractivity contribution in [3.8, 4) is 0 Å². The van der Waals surface area contributed by atoms with Crippen LogP contribution in [0, 0.1) is 6.92 Å². The van der Waals surface area contributed by atoms with Gasteiger partial charge in [-0.15, -0.1) is 0 Å². The second-order valence-corrected chi connectivity index (χ2v) is 5.78. The van der Waals surface area contributed by atoms with E-state index in [2.05, 4.69) is 54.8 Å². The Labute approximate surface area is 111 Å². The molecule has 1 aromatic carbocycles. The highest BCUT2D eigenvalue weighted by atomic mass is 15.3. The lowest BCUT2D eigenvalue weighted by Crippen LogP contribution is -2.57.